The first-order valence-corrected chi connectivity index (χ1v) is 5.06. The number of aliphatic imine (C=N–C) groups is 1. The van der Waals surface area contributed by atoms with Gasteiger partial charge in [-0.1, -0.05) is 24.3 Å². The molecule has 0 amide bonds. The van der Waals surface area contributed by atoms with Crippen LogP contribution in [-0.2, 0) is 13.0 Å². The van der Waals surface area contributed by atoms with Gasteiger partial charge in [0.2, 0.25) is 6.19 Å². The molecule has 3 nitrogen and oxygen atoms in total. The van der Waals surface area contributed by atoms with Gasteiger partial charge in [-0.05, 0) is 24.5 Å². The highest BCUT2D eigenvalue weighted by Crippen LogP contribution is 2.18. The van der Waals surface area contributed by atoms with Gasteiger partial charge in [0, 0.05) is 13.1 Å². The van der Waals surface area contributed by atoms with E-state index in [1.807, 2.05) is 13.1 Å². The highest BCUT2D eigenvalue weighted by atomic mass is 15.2. The zero-order chi connectivity index (χ0) is 10.7. The van der Waals surface area contributed by atoms with E-state index >= 15 is 0 Å². The van der Waals surface area contributed by atoms with Crippen LogP contribution in [0, 0.1) is 11.5 Å². The molecular formula is C12H13N3. The Balaban J connectivity index is 2.20. The largest absolute Gasteiger partial charge is 0.355 e. The molecule has 1 aliphatic rings. The number of amidine groups is 1. The van der Waals surface area contributed by atoms with Crippen molar-refractivity contribution in [2.45, 2.75) is 19.9 Å². The third-order valence-electron chi connectivity index (χ3n) is 2.80. The fourth-order valence-electron chi connectivity index (χ4n) is 1.92. The maximum Gasteiger partial charge on any atom is 0.207 e. The summed E-state index contributed by atoms with van der Waals surface area (Å²) in [4.78, 5) is 5.91. The molecule has 15 heavy (non-hydrogen) atoms. The van der Waals surface area contributed by atoms with E-state index in [-0.39, 0.29) is 0 Å². The molecule has 0 saturated carbocycles. The third-order valence-corrected chi connectivity index (χ3v) is 2.80. The van der Waals surface area contributed by atoms with Crippen LogP contribution >= 0.6 is 0 Å². The fourth-order valence-corrected chi connectivity index (χ4v) is 1.92. The summed E-state index contributed by atoms with van der Waals surface area (Å²) in [6, 6.07) is 8.44. The Kier molecular flexibility index (Phi) is 2.68. The molecule has 0 saturated heterocycles. The predicted molar refractivity (Wildman–Crippen MR) is 59.3 cm³/mol. The van der Waals surface area contributed by atoms with Crippen LogP contribution in [0.2, 0.25) is 0 Å². The second-order valence-electron chi connectivity index (χ2n) is 3.70. The van der Waals surface area contributed by atoms with E-state index in [1.165, 1.54) is 11.1 Å². The predicted octanol–water partition coefficient (Wildman–Crippen LogP) is 1.94. The van der Waals surface area contributed by atoms with E-state index in [1.54, 1.807) is 0 Å². The second kappa shape index (κ2) is 4.14. The molecule has 0 spiro atoms. The summed E-state index contributed by atoms with van der Waals surface area (Å²) >= 11 is 0. The van der Waals surface area contributed by atoms with E-state index in [0.717, 1.165) is 25.3 Å². The summed E-state index contributed by atoms with van der Waals surface area (Å²) in [5, 5.41) is 8.50. The number of fused-ring (bicyclic) bond motifs is 1. The standard InChI is InChI=1S/C12H13N3/c1-10(14-9-13)15-7-6-11-4-2-3-5-12(11)8-15/h2-5H,6-8H2,1H3. The van der Waals surface area contributed by atoms with Crippen molar-refractivity contribution in [3.05, 3.63) is 35.4 Å². The Morgan fingerprint density at radius 3 is 2.87 bits per heavy atom. The Hall–Kier alpha value is -1.82. The zero-order valence-corrected chi connectivity index (χ0v) is 8.77. The average Bonchev–Trinajstić information content (AvgIpc) is 2.29. The lowest BCUT2D eigenvalue weighted by Crippen LogP contribution is -2.34. The highest BCUT2D eigenvalue weighted by molar-refractivity contribution is 5.80. The molecule has 0 atom stereocenters. The van der Waals surface area contributed by atoms with Gasteiger partial charge in [0.15, 0.2) is 0 Å². The number of nitrogens with zero attached hydrogens (tertiary/aromatic N) is 3. The third kappa shape index (κ3) is 1.99. The summed E-state index contributed by atoms with van der Waals surface area (Å²) in [5.74, 6) is 0.812. The van der Waals surface area contributed by atoms with Crippen LogP contribution in [0.3, 0.4) is 0 Å². The SMILES string of the molecule is CC(=NC#N)N1CCc2ccccc2C1. The smallest absolute Gasteiger partial charge is 0.207 e. The van der Waals surface area contributed by atoms with Crippen LogP contribution in [0.15, 0.2) is 29.3 Å². The van der Waals surface area contributed by atoms with Gasteiger partial charge >= 0.3 is 0 Å². The Morgan fingerprint density at radius 2 is 2.13 bits per heavy atom. The van der Waals surface area contributed by atoms with Gasteiger partial charge in [-0.3, -0.25) is 0 Å². The lowest BCUT2D eigenvalue weighted by atomic mass is 10.00. The van der Waals surface area contributed by atoms with Crippen molar-refractivity contribution in [1.82, 2.24) is 4.90 Å². The van der Waals surface area contributed by atoms with Gasteiger partial charge in [0.25, 0.3) is 0 Å². The molecule has 0 bridgehead atoms. The monoisotopic (exact) mass is 199 g/mol. The van der Waals surface area contributed by atoms with Crippen LogP contribution in [-0.4, -0.2) is 17.3 Å². The van der Waals surface area contributed by atoms with Crippen molar-refractivity contribution in [1.29, 1.82) is 5.26 Å². The number of nitriles is 1. The Labute approximate surface area is 89.7 Å². The molecule has 0 unspecified atom stereocenters. The zero-order valence-electron chi connectivity index (χ0n) is 8.77. The first-order valence-electron chi connectivity index (χ1n) is 5.06. The molecule has 0 aliphatic carbocycles. The minimum Gasteiger partial charge on any atom is -0.355 e. The fraction of sp³-hybridized carbons (Fsp3) is 0.333. The van der Waals surface area contributed by atoms with Crippen LogP contribution in [0.25, 0.3) is 0 Å². The number of hydrogen-bond donors (Lipinski definition) is 0. The van der Waals surface area contributed by atoms with Crippen molar-refractivity contribution in [2.75, 3.05) is 6.54 Å². The average molecular weight is 199 g/mol. The Bertz CT molecular complexity index is 429. The van der Waals surface area contributed by atoms with Gasteiger partial charge in [-0.25, -0.2) is 0 Å². The van der Waals surface area contributed by atoms with Crippen molar-refractivity contribution >= 4 is 5.84 Å². The number of hydrogen-bond acceptors (Lipinski definition) is 2. The highest BCUT2D eigenvalue weighted by Gasteiger charge is 2.16. The van der Waals surface area contributed by atoms with Gasteiger partial charge in [0.1, 0.15) is 5.84 Å². The van der Waals surface area contributed by atoms with Crippen LogP contribution in [0.5, 0.6) is 0 Å². The van der Waals surface area contributed by atoms with E-state index in [2.05, 4.69) is 34.2 Å². The quantitative estimate of drug-likeness (QED) is 0.364. The van der Waals surface area contributed by atoms with Crippen molar-refractivity contribution in [2.24, 2.45) is 4.99 Å². The number of benzene rings is 1. The molecule has 1 aromatic rings. The van der Waals surface area contributed by atoms with Crippen LogP contribution in [0.1, 0.15) is 18.1 Å². The lowest BCUT2D eigenvalue weighted by molar-refractivity contribution is 0.392. The minimum absolute atomic E-state index is 0.812. The second-order valence-corrected chi connectivity index (χ2v) is 3.70. The maximum atomic E-state index is 8.50. The molecule has 1 aliphatic heterocycles. The van der Waals surface area contributed by atoms with Gasteiger partial charge in [-0.15, -0.1) is 0 Å². The van der Waals surface area contributed by atoms with E-state index < -0.39 is 0 Å². The Morgan fingerprint density at radius 1 is 1.40 bits per heavy atom. The van der Waals surface area contributed by atoms with Gasteiger partial charge < -0.3 is 4.90 Å². The summed E-state index contributed by atoms with van der Waals surface area (Å²) in [7, 11) is 0. The maximum absolute atomic E-state index is 8.50. The molecular weight excluding hydrogens is 186 g/mol. The van der Waals surface area contributed by atoms with Crippen molar-refractivity contribution in [3.8, 4) is 6.19 Å². The first-order chi connectivity index (χ1) is 7.31. The molecule has 2 rings (SSSR count). The molecule has 1 aromatic carbocycles. The van der Waals surface area contributed by atoms with Gasteiger partial charge in [-0.2, -0.15) is 10.3 Å². The molecule has 76 valence electrons. The van der Waals surface area contributed by atoms with E-state index in [0.29, 0.717) is 0 Å². The van der Waals surface area contributed by atoms with E-state index in [9.17, 15) is 0 Å². The van der Waals surface area contributed by atoms with E-state index in [4.69, 9.17) is 5.26 Å². The van der Waals surface area contributed by atoms with Gasteiger partial charge in [0.05, 0.1) is 0 Å². The topological polar surface area (TPSA) is 39.4 Å². The lowest BCUT2D eigenvalue weighted by Gasteiger charge is -2.29. The number of rotatable bonds is 0. The molecule has 1 heterocycles. The summed E-state index contributed by atoms with van der Waals surface area (Å²) in [5.41, 5.74) is 2.76. The van der Waals surface area contributed by atoms with Crippen LogP contribution in [0.4, 0.5) is 0 Å². The molecule has 0 radical (unpaired) electrons. The normalized spacial score (nSPS) is 15.7. The van der Waals surface area contributed by atoms with Crippen LogP contribution < -0.4 is 0 Å². The molecule has 0 fully saturated rings. The first kappa shape index (κ1) is 9.72. The molecule has 0 aromatic heterocycles. The van der Waals surface area contributed by atoms with Crippen molar-refractivity contribution < 1.29 is 0 Å². The summed E-state index contributed by atoms with van der Waals surface area (Å²) < 4.78 is 0. The minimum atomic E-state index is 0.812. The molecule has 0 N–H and O–H groups in total. The van der Waals surface area contributed by atoms with Crippen molar-refractivity contribution in [3.63, 3.8) is 0 Å². The summed E-state index contributed by atoms with van der Waals surface area (Å²) in [6.45, 7) is 3.71. The summed E-state index contributed by atoms with van der Waals surface area (Å²) in [6.07, 6.45) is 2.87. The molecule has 3 heteroatoms.